The van der Waals surface area contributed by atoms with Crippen LogP contribution in [-0.4, -0.2) is 33.2 Å². The van der Waals surface area contributed by atoms with Gasteiger partial charge in [0.1, 0.15) is 10.8 Å². The van der Waals surface area contributed by atoms with Crippen molar-refractivity contribution in [2.45, 2.75) is 0 Å². The molecule has 0 amide bonds. The van der Waals surface area contributed by atoms with E-state index in [-0.39, 0.29) is 5.69 Å². The zero-order chi connectivity index (χ0) is 12.0. The molecule has 86 valence electrons. The Hall–Kier alpha value is -1.56. The molecule has 2 heterocycles. The first-order chi connectivity index (χ1) is 7.43. The van der Waals surface area contributed by atoms with Crippen molar-refractivity contribution in [3.63, 3.8) is 0 Å². The molecular weight excluding hydrogens is 230 g/mol. The molecule has 7 heteroatoms. The number of hydrogen-bond donors (Lipinski definition) is 0. The summed E-state index contributed by atoms with van der Waals surface area (Å²) in [7, 11) is 6.92. The van der Waals surface area contributed by atoms with Crippen LogP contribution in [0.25, 0.3) is 11.5 Å². The molecule has 0 aromatic heterocycles. The predicted molar refractivity (Wildman–Crippen MR) is 62.2 cm³/mol. The minimum Gasteiger partial charge on any atom is -0.347 e. The summed E-state index contributed by atoms with van der Waals surface area (Å²) in [6.45, 7) is 0. The molecular formula is C9H12ClN5O. The molecule has 0 atom stereocenters. The first kappa shape index (κ1) is 10.9. The molecule has 0 saturated carbocycles. The van der Waals surface area contributed by atoms with Crippen molar-refractivity contribution in [2.24, 2.45) is 14.1 Å². The molecule has 0 spiro atoms. The van der Waals surface area contributed by atoms with Crippen LogP contribution in [0.4, 0.5) is 5.95 Å². The lowest BCUT2D eigenvalue weighted by molar-refractivity contribution is 0.703. The van der Waals surface area contributed by atoms with Crippen molar-refractivity contribution >= 4 is 17.5 Å². The Balaban J connectivity index is 2.87. The monoisotopic (exact) mass is 241 g/mol. The molecule has 0 fully saturated rings. The molecule has 6 nitrogen and oxygen atoms in total. The largest absolute Gasteiger partial charge is 0.347 e. The lowest BCUT2D eigenvalue weighted by atomic mass is 10.4. The molecule has 0 aromatic carbocycles. The summed E-state index contributed by atoms with van der Waals surface area (Å²) in [4.78, 5) is 22.0. The van der Waals surface area contributed by atoms with Gasteiger partial charge in [0.15, 0.2) is 5.82 Å². The van der Waals surface area contributed by atoms with Gasteiger partial charge in [-0.05, 0) is 0 Å². The average Bonchev–Trinajstić information content (AvgIpc) is 2.68. The van der Waals surface area contributed by atoms with Crippen molar-refractivity contribution in [3.8, 4) is 11.5 Å². The fourth-order valence-electron chi connectivity index (χ4n) is 1.45. The normalized spacial score (nSPS) is 11.1. The van der Waals surface area contributed by atoms with Crippen LogP contribution in [0.2, 0.25) is 5.15 Å². The first-order valence-corrected chi connectivity index (χ1v) is 5.07. The molecule has 0 saturated heterocycles. The van der Waals surface area contributed by atoms with E-state index in [1.165, 1.54) is 9.13 Å². The molecule has 2 aliphatic rings. The van der Waals surface area contributed by atoms with Crippen molar-refractivity contribution in [1.29, 1.82) is 0 Å². The van der Waals surface area contributed by atoms with E-state index in [4.69, 9.17) is 11.6 Å². The minimum absolute atomic E-state index is 0.220. The number of halogens is 1. The fraction of sp³-hybridized carbons (Fsp3) is 0.444. The van der Waals surface area contributed by atoms with Crippen LogP contribution in [0, 0.1) is 0 Å². The second-order valence-electron chi connectivity index (χ2n) is 3.78. The van der Waals surface area contributed by atoms with Crippen LogP contribution >= 0.6 is 11.6 Å². The van der Waals surface area contributed by atoms with Gasteiger partial charge in [-0.1, -0.05) is 11.6 Å². The average molecular weight is 242 g/mol. The van der Waals surface area contributed by atoms with E-state index >= 15 is 0 Å². The Morgan fingerprint density at radius 1 is 1.19 bits per heavy atom. The van der Waals surface area contributed by atoms with E-state index in [0.717, 1.165) is 0 Å². The maximum Gasteiger partial charge on any atom is 0.330 e. The summed E-state index contributed by atoms with van der Waals surface area (Å²) in [5, 5.41) is 0.304. The van der Waals surface area contributed by atoms with Gasteiger partial charge in [0.25, 0.3) is 0 Å². The smallest absolute Gasteiger partial charge is 0.330 e. The Kier molecular flexibility index (Phi) is 2.38. The number of fused-ring (bicyclic) bond motifs is 1. The lowest BCUT2D eigenvalue weighted by Gasteiger charge is -2.09. The molecule has 2 aliphatic heterocycles. The number of imidazole rings is 1. The summed E-state index contributed by atoms with van der Waals surface area (Å²) in [5.41, 5.74) is 0.317. The highest BCUT2D eigenvalue weighted by molar-refractivity contribution is 6.31. The van der Waals surface area contributed by atoms with Crippen molar-refractivity contribution in [3.05, 3.63) is 15.6 Å². The maximum absolute atomic E-state index is 11.7. The molecule has 0 radical (unpaired) electrons. The van der Waals surface area contributed by atoms with Crippen molar-refractivity contribution in [2.75, 3.05) is 19.0 Å². The highest BCUT2D eigenvalue weighted by atomic mass is 35.5. The summed E-state index contributed by atoms with van der Waals surface area (Å²) in [6.07, 6.45) is 0. The van der Waals surface area contributed by atoms with Gasteiger partial charge in [-0.25, -0.2) is 9.78 Å². The number of hydrogen-bond acceptors (Lipinski definition) is 4. The van der Waals surface area contributed by atoms with E-state index in [1.807, 2.05) is 14.1 Å². The SMILES string of the molecule is CN(C)c1nc2c(Cl)n(C)c(=O)n(C)c-2n1. The number of anilines is 1. The Morgan fingerprint density at radius 2 is 1.81 bits per heavy atom. The maximum atomic E-state index is 11.7. The van der Waals surface area contributed by atoms with Crippen molar-refractivity contribution < 1.29 is 0 Å². The van der Waals surface area contributed by atoms with E-state index in [2.05, 4.69) is 9.97 Å². The third-order valence-corrected chi connectivity index (χ3v) is 2.84. The van der Waals surface area contributed by atoms with Gasteiger partial charge in [0.05, 0.1) is 0 Å². The van der Waals surface area contributed by atoms with Crippen LogP contribution in [-0.2, 0) is 14.1 Å². The summed E-state index contributed by atoms with van der Waals surface area (Å²) >= 11 is 6.05. The Morgan fingerprint density at radius 3 is 2.38 bits per heavy atom. The highest BCUT2D eigenvalue weighted by Gasteiger charge is 2.21. The van der Waals surface area contributed by atoms with Crippen LogP contribution in [0.15, 0.2) is 4.79 Å². The predicted octanol–water partition coefficient (Wildman–Crippen LogP) is 0.338. The van der Waals surface area contributed by atoms with E-state index in [1.54, 1.807) is 19.0 Å². The van der Waals surface area contributed by atoms with Crippen molar-refractivity contribution in [1.82, 2.24) is 19.1 Å². The van der Waals surface area contributed by atoms with E-state index in [0.29, 0.717) is 22.6 Å². The van der Waals surface area contributed by atoms with Crippen LogP contribution in [0.5, 0.6) is 0 Å². The highest BCUT2D eigenvalue weighted by Crippen LogP contribution is 2.26. The molecule has 0 aromatic rings. The molecule has 16 heavy (non-hydrogen) atoms. The summed E-state index contributed by atoms with van der Waals surface area (Å²) in [5.74, 6) is 1.04. The van der Waals surface area contributed by atoms with Gasteiger partial charge < -0.3 is 4.90 Å². The van der Waals surface area contributed by atoms with Crippen LogP contribution in [0.3, 0.4) is 0 Å². The summed E-state index contributed by atoms with van der Waals surface area (Å²) < 4.78 is 2.78. The molecule has 0 N–H and O–H groups in total. The zero-order valence-corrected chi connectivity index (χ0v) is 10.3. The Bertz CT molecular complexity index is 570. The quantitative estimate of drug-likeness (QED) is 0.676. The third kappa shape index (κ3) is 1.37. The van der Waals surface area contributed by atoms with Gasteiger partial charge >= 0.3 is 5.69 Å². The van der Waals surface area contributed by atoms with Gasteiger partial charge in [0.2, 0.25) is 5.95 Å². The summed E-state index contributed by atoms with van der Waals surface area (Å²) in [6, 6.07) is 0. The zero-order valence-electron chi connectivity index (χ0n) is 9.52. The van der Waals surface area contributed by atoms with Gasteiger partial charge in [-0.2, -0.15) is 4.98 Å². The van der Waals surface area contributed by atoms with E-state index < -0.39 is 0 Å². The lowest BCUT2D eigenvalue weighted by Crippen LogP contribution is -2.29. The van der Waals surface area contributed by atoms with Crippen LogP contribution in [0.1, 0.15) is 0 Å². The number of aromatic nitrogens is 4. The standard InChI is InChI=1S/C9H12ClN5O/c1-13(2)8-11-5-6(10)14(3)9(16)15(4)7(5)12-8/h1-4H3. The number of nitrogens with zero attached hydrogens (tertiary/aromatic N) is 5. The topological polar surface area (TPSA) is 56.0 Å². The second kappa shape index (κ2) is 3.48. The fourth-order valence-corrected chi connectivity index (χ4v) is 1.65. The third-order valence-electron chi connectivity index (χ3n) is 2.41. The first-order valence-electron chi connectivity index (χ1n) is 4.69. The second-order valence-corrected chi connectivity index (χ2v) is 4.14. The Labute approximate surface area is 97.4 Å². The van der Waals surface area contributed by atoms with E-state index in [9.17, 15) is 4.79 Å². The molecule has 0 unspecified atom stereocenters. The molecule has 2 rings (SSSR count). The molecule has 0 bridgehead atoms. The minimum atomic E-state index is -0.220. The van der Waals surface area contributed by atoms with Gasteiger partial charge in [-0.15, -0.1) is 0 Å². The number of rotatable bonds is 1. The van der Waals surface area contributed by atoms with Gasteiger partial charge in [-0.3, -0.25) is 9.13 Å². The van der Waals surface area contributed by atoms with Gasteiger partial charge in [0, 0.05) is 28.2 Å². The molecule has 0 aliphatic carbocycles. The van der Waals surface area contributed by atoms with Crippen LogP contribution < -0.4 is 10.6 Å².